The molecule has 1 aromatic rings. The van der Waals surface area contributed by atoms with Gasteiger partial charge in [-0.15, -0.1) is 5.54 Å². The average molecular weight is 319 g/mol. The van der Waals surface area contributed by atoms with Crippen LogP contribution in [0.5, 0.6) is 5.75 Å². The lowest BCUT2D eigenvalue weighted by molar-refractivity contribution is 0.489. The first-order valence-corrected chi connectivity index (χ1v) is 14.1. The summed E-state index contributed by atoms with van der Waals surface area (Å²) in [5.74, 6) is 4.33. The van der Waals surface area contributed by atoms with Gasteiger partial charge in [-0.1, -0.05) is 46.3 Å². The zero-order valence-corrected chi connectivity index (χ0v) is 17.1. The summed E-state index contributed by atoms with van der Waals surface area (Å²) in [6.07, 6.45) is 0. The molecular weight excluding hydrogens is 288 g/mol. The van der Waals surface area contributed by atoms with E-state index in [9.17, 15) is 0 Å². The lowest BCUT2D eigenvalue weighted by Crippen LogP contribution is -2.44. The molecule has 0 saturated carbocycles. The van der Waals surface area contributed by atoms with Crippen molar-refractivity contribution in [3.63, 3.8) is 0 Å². The fraction of sp³-hybridized carbons (Fsp3) is 0.556. The molecule has 1 rings (SSSR count). The molecule has 0 saturated heterocycles. The Morgan fingerprint density at radius 2 is 1.57 bits per heavy atom. The fourth-order valence-electron chi connectivity index (χ4n) is 1.53. The normalized spacial score (nSPS) is 12.6. The van der Waals surface area contributed by atoms with Crippen molar-refractivity contribution in [1.82, 2.24) is 0 Å². The van der Waals surface area contributed by atoms with Gasteiger partial charge < -0.3 is 4.43 Å². The third-order valence-electron chi connectivity index (χ3n) is 3.93. The van der Waals surface area contributed by atoms with E-state index < -0.39 is 16.4 Å². The Kier molecular flexibility index (Phi) is 5.18. The fourth-order valence-corrected chi connectivity index (χ4v) is 3.13. The smallest absolute Gasteiger partial charge is 0.250 e. The summed E-state index contributed by atoms with van der Waals surface area (Å²) >= 11 is 0. The molecule has 0 amide bonds. The predicted molar refractivity (Wildman–Crippen MR) is 99.2 cm³/mol. The van der Waals surface area contributed by atoms with Gasteiger partial charge in [0.05, 0.1) is 0 Å². The SMILES string of the molecule is Cc1cc(C#C[Si](C)(C)C)ccc1O[Si](C)(C)C(C)(C)C. The standard InChI is InChI=1S/C18H30OSi2/c1-15-14-16(12-13-20(5,6)7)10-11-17(15)19-21(8,9)18(2,3)4/h10-11,14H,1-9H3. The molecule has 0 atom stereocenters. The summed E-state index contributed by atoms with van der Waals surface area (Å²) < 4.78 is 6.40. The van der Waals surface area contributed by atoms with Gasteiger partial charge in [-0.2, -0.15) is 0 Å². The molecular formula is C18H30OSi2. The Labute approximate surface area is 133 Å². The molecule has 0 aliphatic rings. The number of hydrogen-bond acceptors (Lipinski definition) is 1. The monoisotopic (exact) mass is 318 g/mol. The summed E-state index contributed by atoms with van der Waals surface area (Å²) in [6.45, 7) is 20.3. The zero-order chi connectivity index (χ0) is 16.5. The Morgan fingerprint density at radius 1 is 1.00 bits per heavy atom. The van der Waals surface area contributed by atoms with Gasteiger partial charge in [-0.3, -0.25) is 0 Å². The van der Waals surface area contributed by atoms with Gasteiger partial charge in [0.15, 0.2) is 0 Å². The highest BCUT2D eigenvalue weighted by Gasteiger charge is 2.39. The highest BCUT2D eigenvalue weighted by atomic mass is 28.4. The minimum atomic E-state index is -1.77. The second-order valence-corrected chi connectivity index (χ2v) is 17.8. The van der Waals surface area contributed by atoms with E-state index in [2.05, 4.69) is 90.1 Å². The molecule has 3 heteroatoms. The molecule has 0 fully saturated rings. The van der Waals surface area contributed by atoms with Crippen LogP contribution in [0.25, 0.3) is 0 Å². The third-order valence-corrected chi connectivity index (χ3v) is 9.15. The predicted octanol–water partition coefficient (Wildman–Crippen LogP) is 5.61. The summed E-state index contributed by atoms with van der Waals surface area (Å²) in [6, 6.07) is 6.32. The minimum Gasteiger partial charge on any atom is -0.543 e. The van der Waals surface area contributed by atoms with Crippen LogP contribution in [-0.4, -0.2) is 16.4 Å². The van der Waals surface area contributed by atoms with Gasteiger partial charge in [-0.05, 0) is 48.8 Å². The highest BCUT2D eigenvalue weighted by molar-refractivity contribution is 6.83. The van der Waals surface area contributed by atoms with E-state index in [0.717, 1.165) is 11.3 Å². The lowest BCUT2D eigenvalue weighted by atomic mass is 10.1. The lowest BCUT2D eigenvalue weighted by Gasteiger charge is -2.36. The van der Waals surface area contributed by atoms with E-state index in [1.807, 2.05) is 0 Å². The van der Waals surface area contributed by atoms with E-state index in [4.69, 9.17) is 4.43 Å². The van der Waals surface area contributed by atoms with Crippen molar-refractivity contribution in [3.05, 3.63) is 29.3 Å². The maximum absolute atomic E-state index is 6.40. The molecule has 0 N–H and O–H groups in total. The van der Waals surface area contributed by atoms with E-state index in [1.54, 1.807) is 0 Å². The Balaban J connectivity index is 3.02. The molecule has 0 aromatic heterocycles. The maximum atomic E-state index is 6.40. The van der Waals surface area contributed by atoms with Crippen LogP contribution in [0.15, 0.2) is 18.2 Å². The van der Waals surface area contributed by atoms with Crippen molar-refractivity contribution >= 4 is 16.4 Å². The number of hydrogen-bond donors (Lipinski definition) is 0. The first-order valence-electron chi connectivity index (χ1n) is 7.65. The van der Waals surface area contributed by atoms with Gasteiger partial charge in [0.25, 0.3) is 0 Å². The molecule has 0 unspecified atom stereocenters. The van der Waals surface area contributed by atoms with Crippen molar-refractivity contribution in [3.8, 4) is 17.2 Å². The zero-order valence-electron chi connectivity index (χ0n) is 15.1. The Bertz CT molecular complexity index is 564. The van der Waals surface area contributed by atoms with Crippen LogP contribution in [0, 0.1) is 18.4 Å². The maximum Gasteiger partial charge on any atom is 0.250 e. The first-order chi connectivity index (χ1) is 9.32. The van der Waals surface area contributed by atoms with E-state index in [-0.39, 0.29) is 5.04 Å². The second-order valence-electron chi connectivity index (χ2n) is 8.34. The topological polar surface area (TPSA) is 9.23 Å². The van der Waals surface area contributed by atoms with Crippen molar-refractivity contribution in [2.75, 3.05) is 0 Å². The second kappa shape index (κ2) is 6.02. The third kappa shape index (κ3) is 5.37. The molecule has 0 aliphatic heterocycles. The molecule has 21 heavy (non-hydrogen) atoms. The van der Waals surface area contributed by atoms with Crippen LogP contribution in [0.2, 0.25) is 37.8 Å². The summed E-state index contributed by atoms with van der Waals surface area (Å²) in [7, 11) is -3.09. The molecule has 0 radical (unpaired) electrons. The number of aryl methyl sites for hydroxylation is 1. The average Bonchev–Trinajstić information content (AvgIpc) is 2.27. The van der Waals surface area contributed by atoms with Gasteiger partial charge in [0.2, 0.25) is 8.32 Å². The van der Waals surface area contributed by atoms with Gasteiger partial charge in [0.1, 0.15) is 13.8 Å². The Hall–Kier alpha value is -0.986. The van der Waals surface area contributed by atoms with Crippen LogP contribution in [0.3, 0.4) is 0 Å². The summed E-state index contributed by atoms with van der Waals surface area (Å²) in [4.78, 5) is 0. The van der Waals surface area contributed by atoms with Gasteiger partial charge >= 0.3 is 0 Å². The van der Waals surface area contributed by atoms with E-state index >= 15 is 0 Å². The molecule has 0 bridgehead atoms. The van der Waals surface area contributed by atoms with Crippen LogP contribution in [-0.2, 0) is 0 Å². The molecule has 0 heterocycles. The van der Waals surface area contributed by atoms with E-state index in [1.165, 1.54) is 5.56 Å². The van der Waals surface area contributed by atoms with Crippen LogP contribution in [0.1, 0.15) is 31.9 Å². The van der Waals surface area contributed by atoms with Crippen LogP contribution in [0.4, 0.5) is 0 Å². The summed E-state index contributed by atoms with van der Waals surface area (Å²) in [5, 5.41) is 0.218. The molecule has 0 aliphatic carbocycles. The summed E-state index contributed by atoms with van der Waals surface area (Å²) in [5.41, 5.74) is 5.69. The van der Waals surface area contributed by atoms with Crippen molar-refractivity contribution < 1.29 is 4.43 Å². The number of benzene rings is 1. The highest BCUT2D eigenvalue weighted by Crippen LogP contribution is 2.38. The molecule has 1 nitrogen and oxygen atoms in total. The van der Waals surface area contributed by atoms with Crippen molar-refractivity contribution in [2.24, 2.45) is 0 Å². The van der Waals surface area contributed by atoms with Crippen molar-refractivity contribution in [1.29, 1.82) is 0 Å². The van der Waals surface area contributed by atoms with E-state index in [0.29, 0.717) is 0 Å². The Morgan fingerprint density at radius 3 is 2.00 bits per heavy atom. The largest absolute Gasteiger partial charge is 0.543 e. The van der Waals surface area contributed by atoms with Crippen molar-refractivity contribution in [2.45, 2.75) is 65.5 Å². The van der Waals surface area contributed by atoms with Crippen LogP contribution < -0.4 is 4.43 Å². The van der Waals surface area contributed by atoms with Crippen LogP contribution >= 0.6 is 0 Å². The molecule has 116 valence electrons. The van der Waals surface area contributed by atoms with Gasteiger partial charge in [0, 0.05) is 5.56 Å². The molecule has 0 spiro atoms. The van der Waals surface area contributed by atoms with Gasteiger partial charge in [-0.25, -0.2) is 0 Å². The quantitative estimate of drug-likeness (QED) is 0.509. The minimum absolute atomic E-state index is 0.218. The molecule has 1 aromatic carbocycles. The first kappa shape index (κ1) is 18.1. The number of rotatable bonds is 2.